The number of halogens is 1. The van der Waals surface area contributed by atoms with Crippen LogP contribution in [-0.4, -0.2) is 31.7 Å². The van der Waals surface area contributed by atoms with Gasteiger partial charge in [-0.3, -0.25) is 4.90 Å². The number of rotatable bonds is 4. The summed E-state index contributed by atoms with van der Waals surface area (Å²) in [4.78, 5) is 2.44. The van der Waals surface area contributed by atoms with E-state index in [4.69, 9.17) is 9.47 Å². The quantitative estimate of drug-likeness (QED) is 0.820. The van der Waals surface area contributed by atoms with Gasteiger partial charge < -0.3 is 9.47 Å². The van der Waals surface area contributed by atoms with Crippen LogP contribution >= 0.6 is 15.9 Å². The maximum Gasteiger partial charge on any atom is 0.133 e. The lowest BCUT2D eigenvalue weighted by molar-refractivity contribution is -0.0330. The third-order valence-corrected chi connectivity index (χ3v) is 4.60. The fraction of sp³-hybridized carbons (Fsp3) is 0.333. The van der Waals surface area contributed by atoms with E-state index in [0.717, 1.165) is 42.0 Å². The first-order valence-electron chi connectivity index (χ1n) is 7.47. The number of nitrogens with zero attached hydrogens (tertiary/aromatic N) is 1. The van der Waals surface area contributed by atoms with Crippen molar-refractivity contribution in [1.29, 1.82) is 0 Å². The first kappa shape index (κ1) is 15.5. The third-order valence-electron chi connectivity index (χ3n) is 3.95. The SMILES string of the molecule is COc1cc([C@H]2CN(Cc3ccccc3)CCO2)ccc1Br. The first-order valence-corrected chi connectivity index (χ1v) is 8.27. The first-order chi connectivity index (χ1) is 10.8. The lowest BCUT2D eigenvalue weighted by atomic mass is 10.1. The number of hydrogen-bond acceptors (Lipinski definition) is 3. The Morgan fingerprint density at radius 3 is 2.82 bits per heavy atom. The van der Waals surface area contributed by atoms with Gasteiger partial charge in [-0.1, -0.05) is 36.4 Å². The Hall–Kier alpha value is -1.36. The van der Waals surface area contributed by atoms with Gasteiger partial charge in [0.05, 0.1) is 24.3 Å². The molecule has 1 saturated heterocycles. The second kappa shape index (κ2) is 7.27. The Bertz CT molecular complexity index is 618. The molecule has 1 heterocycles. The third kappa shape index (κ3) is 3.69. The minimum Gasteiger partial charge on any atom is -0.496 e. The number of morpholine rings is 1. The van der Waals surface area contributed by atoms with Crippen LogP contribution in [0.1, 0.15) is 17.2 Å². The Kier molecular flexibility index (Phi) is 5.13. The normalized spacial score (nSPS) is 19.1. The molecule has 0 unspecified atom stereocenters. The van der Waals surface area contributed by atoms with Gasteiger partial charge in [0.2, 0.25) is 0 Å². The highest BCUT2D eigenvalue weighted by molar-refractivity contribution is 9.10. The molecule has 22 heavy (non-hydrogen) atoms. The molecule has 0 bridgehead atoms. The van der Waals surface area contributed by atoms with Crippen LogP contribution < -0.4 is 4.74 Å². The molecule has 1 aliphatic rings. The second-order valence-electron chi connectivity index (χ2n) is 5.47. The van der Waals surface area contributed by atoms with Crippen LogP contribution in [0.25, 0.3) is 0 Å². The number of ether oxygens (including phenoxy) is 2. The Labute approximate surface area is 140 Å². The molecule has 2 aromatic rings. The van der Waals surface area contributed by atoms with Crippen LogP contribution in [0.2, 0.25) is 0 Å². The van der Waals surface area contributed by atoms with E-state index in [-0.39, 0.29) is 6.10 Å². The smallest absolute Gasteiger partial charge is 0.133 e. The molecule has 0 amide bonds. The van der Waals surface area contributed by atoms with E-state index in [1.54, 1.807) is 7.11 Å². The Morgan fingerprint density at radius 2 is 2.05 bits per heavy atom. The van der Waals surface area contributed by atoms with Crippen LogP contribution in [-0.2, 0) is 11.3 Å². The fourth-order valence-electron chi connectivity index (χ4n) is 2.77. The van der Waals surface area contributed by atoms with Crippen LogP contribution in [0.5, 0.6) is 5.75 Å². The Morgan fingerprint density at radius 1 is 1.23 bits per heavy atom. The van der Waals surface area contributed by atoms with E-state index >= 15 is 0 Å². The van der Waals surface area contributed by atoms with Crippen LogP contribution in [0.15, 0.2) is 53.0 Å². The van der Waals surface area contributed by atoms with Gasteiger partial charge in [-0.05, 0) is 39.2 Å². The minimum atomic E-state index is 0.0967. The van der Waals surface area contributed by atoms with Gasteiger partial charge in [0, 0.05) is 19.6 Å². The van der Waals surface area contributed by atoms with Crippen molar-refractivity contribution in [1.82, 2.24) is 4.90 Å². The summed E-state index contributed by atoms with van der Waals surface area (Å²) in [6, 6.07) is 16.8. The lowest BCUT2D eigenvalue weighted by Crippen LogP contribution is -2.37. The van der Waals surface area contributed by atoms with Crippen molar-refractivity contribution < 1.29 is 9.47 Å². The van der Waals surface area contributed by atoms with Crippen LogP contribution in [0.4, 0.5) is 0 Å². The molecule has 0 spiro atoms. The summed E-state index contributed by atoms with van der Waals surface area (Å²) in [5, 5.41) is 0. The highest BCUT2D eigenvalue weighted by Crippen LogP contribution is 2.31. The highest BCUT2D eigenvalue weighted by Gasteiger charge is 2.22. The van der Waals surface area contributed by atoms with Crippen molar-refractivity contribution in [3.63, 3.8) is 0 Å². The van der Waals surface area contributed by atoms with Gasteiger partial charge in [-0.2, -0.15) is 0 Å². The molecule has 0 saturated carbocycles. The summed E-state index contributed by atoms with van der Waals surface area (Å²) < 4.78 is 12.3. The van der Waals surface area contributed by atoms with Gasteiger partial charge >= 0.3 is 0 Å². The predicted molar refractivity (Wildman–Crippen MR) is 91.1 cm³/mol. The maximum atomic E-state index is 5.96. The average Bonchev–Trinajstić information content (AvgIpc) is 2.56. The predicted octanol–water partition coefficient (Wildman–Crippen LogP) is 4.03. The van der Waals surface area contributed by atoms with Gasteiger partial charge in [0.25, 0.3) is 0 Å². The van der Waals surface area contributed by atoms with Crippen molar-refractivity contribution in [3.05, 3.63) is 64.1 Å². The van der Waals surface area contributed by atoms with Crippen molar-refractivity contribution >= 4 is 15.9 Å². The number of benzene rings is 2. The average molecular weight is 362 g/mol. The zero-order chi connectivity index (χ0) is 15.4. The molecule has 0 radical (unpaired) electrons. The molecule has 1 aliphatic heterocycles. The van der Waals surface area contributed by atoms with E-state index in [1.165, 1.54) is 5.56 Å². The van der Waals surface area contributed by atoms with Gasteiger partial charge in [-0.15, -0.1) is 0 Å². The van der Waals surface area contributed by atoms with E-state index in [0.29, 0.717) is 0 Å². The standard InChI is InChI=1S/C18H20BrNO2/c1-21-17-11-15(7-8-16(17)19)18-13-20(9-10-22-18)12-14-5-3-2-4-6-14/h2-8,11,18H,9-10,12-13H2,1H3/t18-/m1/s1. The zero-order valence-corrected chi connectivity index (χ0v) is 14.3. The molecule has 3 rings (SSSR count). The lowest BCUT2D eigenvalue weighted by Gasteiger charge is -2.33. The van der Waals surface area contributed by atoms with Crippen LogP contribution in [0, 0.1) is 0 Å². The molecule has 0 aliphatic carbocycles. The molecule has 1 fully saturated rings. The summed E-state index contributed by atoms with van der Waals surface area (Å²) >= 11 is 3.49. The molecular weight excluding hydrogens is 342 g/mol. The van der Waals surface area contributed by atoms with E-state index in [9.17, 15) is 0 Å². The van der Waals surface area contributed by atoms with Gasteiger partial charge in [0.1, 0.15) is 5.75 Å². The second-order valence-corrected chi connectivity index (χ2v) is 6.33. The topological polar surface area (TPSA) is 21.7 Å². The minimum absolute atomic E-state index is 0.0967. The molecule has 1 atom stereocenters. The summed E-state index contributed by atoms with van der Waals surface area (Å²) in [5.74, 6) is 0.848. The molecule has 116 valence electrons. The van der Waals surface area contributed by atoms with Crippen molar-refractivity contribution in [2.45, 2.75) is 12.6 Å². The van der Waals surface area contributed by atoms with Gasteiger partial charge in [0.15, 0.2) is 0 Å². The summed E-state index contributed by atoms with van der Waals surface area (Å²) in [5.41, 5.74) is 2.51. The zero-order valence-electron chi connectivity index (χ0n) is 12.7. The Balaban J connectivity index is 1.70. The van der Waals surface area contributed by atoms with E-state index < -0.39 is 0 Å². The largest absolute Gasteiger partial charge is 0.496 e. The van der Waals surface area contributed by atoms with Crippen molar-refractivity contribution in [3.8, 4) is 5.75 Å². The molecule has 0 N–H and O–H groups in total. The molecule has 3 nitrogen and oxygen atoms in total. The van der Waals surface area contributed by atoms with Crippen molar-refractivity contribution in [2.24, 2.45) is 0 Å². The molecular formula is C18H20BrNO2. The summed E-state index contributed by atoms with van der Waals surface area (Å²) in [7, 11) is 1.69. The molecule has 2 aromatic carbocycles. The fourth-order valence-corrected chi connectivity index (χ4v) is 3.17. The number of methoxy groups -OCH3 is 1. The van der Waals surface area contributed by atoms with Crippen LogP contribution in [0.3, 0.4) is 0 Å². The monoisotopic (exact) mass is 361 g/mol. The van der Waals surface area contributed by atoms with Gasteiger partial charge in [-0.25, -0.2) is 0 Å². The highest BCUT2D eigenvalue weighted by atomic mass is 79.9. The number of hydrogen-bond donors (Lipinski definition) is 0. The van der Waals surface area contributed by atoms with Crippen molar-refractivity contribution in [2.75, 3.05) is 26.8 Å². The molecule has 4 heteroatoms. The molecule has 0 aromatic heterocycles. The maximum absolute atomic E-state index is 5.96. The van der Waals surface area contributed by atoms with E-state index in [1.807, 2.05) is 6.07 Å². The summed E-state index contributed by atoms with van der Waals surface area (Å²) in [6.07, 6.45) is 0.0967. The summed E-state index contributed by atoms with van der Waals surface area (Å²) in [6.45, 7) is 3.60. The van der Waals surface area contributed by atoms with E-state index in [2.05, 4.69) is 63.3 Å².